The number of nitrogens with two attached hydrogens (primary N) is 2. The smallest absolute Gasteiger partial charge is 0.249 e. The number of fused-ring (bicyclic) bond motifs is 1. The molecule has 168 valence electrons. The van der Waals surface area contributed by atoms with E-state index < -0.39 is 12.1 Å². The number of carbonyl (C=O) groups excluding carboxylic acids is 2. The zero-order valence-corrected chi connectivity index (χ0v) is 18.5. The first-order chi connectivity index (χ1) is 15.5. The zero-order valence-electron chi connectivity index (χ0n) is 18.5. The number of amides is 2. The molecule has 0 saturated heterocycles. The lowest BCUT2D eigenvalue weighted by Crippen LogP contribution is -2.34. The van der Waals surface area contributed by atoms with E-state index in [0.29, 0.717) is 30.6 Å². The maximum atomic E-state index is 13.3. The standard InChI is InChI=1S/C24H30N6O2/c1-3-11-30(12-4-2)24(32)20-13-19-10-9-18(14-21(19)27-22(15-20)28-29-26)16-5-7-17(8-6-16)23(25)31/h5-10,13-14,22,27H,3-4,11-12,15H2,1-2H3,(H2,25,31)(H2,26,28). The van der Waals surface area contributed by atoms with Crippen molar-refractivity contribution in [3.05, 3.63) is 59.2 Å². The minimum absolute atomic E-state index is 0.0201. The molecule has 3 rings (SSSR count). The summed E-state index contributed by atoms with van der Waals surface area (Å²) in [5.74, 6) is 4.89. The van der Waals surface area contributed by atoms with Crippen molar-refractivity contribution < 1.29 is 9.59 Å². The van der Waals surface area contributed by atoms with Crippen molar-refractivity contribution in [2.45, 2.75) is 39.3 Å². The molecule has 8 nitrogen and oxygen atoms in total. The highest BCUT2D eigenvalue weighted by atomic mass is 16.2. The van der Waals surface area contributed by atoms with Gasteiger partial charge in [-0.1, -0.05) is 43.3 Å². The van der Waals surface area contributed by atoms with Crippen LogP contribution in [0.1, 0.15) is 49.0 Å². The number of anilines is 1. The first-order valence-corrected chi connectivity index (χ1v) is 10.9. The fourth-order valence-corrected chi connectivity index (χ4v) is 3.86. The lowest BCUT2D eigenvalue weighted by Gasteiger charge is -2.23. The van der Waals surface area contributed by atoms with Crippen LogP contribution in [-0.4, -0.2) is 36.0 Å². The molecule has 0 spiro atoms. The van der Waals surface area contributed by atoms with Crippen LogP contribution in [0.5, 0.6) is 0 Å². The minimum Gasteiger partial charge on any atom is -0.366 e. The molecule has 1 aliphatic rings. The molecular formula is C24H30N6O2. The molecule has 0 fully saturated rings. The van der Waals surface area contributed by atoms with Gasteiger partial charge in [-0.15, -0.1) is 5.11 Å². The Morgan fingerprint density at radius 2 is 1.72 bits per heavy atom. The van der Waals surface area contributed by atoms with Gasteiger partial charge in [-0.3, -0.25) is 9.59 Å². The molecule has 5 N–H and O–H groups in total. The highest BCUT2D eigenvalue weighted by Crippen LogP contribution is 2.32. The first kappa shape index (κ1) is 23.0. The molecule has 0 bridgehead atoms. The Morgan fingerprint density at radius 3 is 2.31 bits per heavy atom. The molecule has 2 aromatic rings. The summed E-state index contributed by atoms with van der Waals surface area (Å²) in [4.78, 5) is 26.5. The largest absolute Gasteiger partial charge is 0.366 e. The van der Waals surface area contributed by atoms with Crippen LogP contribution in [0.25, 0.3) is 17.2 Å². The van der Waals surface area contributed by atoms with Crippen molar-refractivity contribution in [2.75, 3.05) is 18.4 Å². The van der Waals surface area contributed by atoms with Gasteiger partial charge in [-0.25, -0.2) is 0 Å². The molecule has 0 aliphatic carbocycles. The van der Waals surface area contributed by atoms with Crippen molar-refractivity contribution in [3.63, 3.8) is 0 Å². The summed E-state index contributed by atoms with van der Waals surface area (Å²) in [6, 6.07) is 13.1. The Balaban J connectivity index is 1.98. The zero-order chi connectivity index (χ0) is 23.1. The highest BCUT2D eigenvalue weighted by molar-refractivity contribution is 5.99. The van der Waals surface area contributed by atoms with Gasteiger partial charge in [0.15, 0.2) is 0 Å². The third kappa shape index (κ3) is 5.32. The van der Waals surface area contributed by atoms with Gasteiger partial charge in [-0.05, 0) is 53.8 Å². The van der Waals surface area contributed by atoms with Gasteiger partial charge >= 0.3 is 0 Å². The highest BCUT2D eigenvalue weighted by Gasteiger charge is 2.24. The molecule has 1 unspecified atom stereocenters. The number of rotatable bonds is 8. The summed E-state index contributed by atoms with van der Waals surface area (Å²) < 4.78 is 0. The van der Waals surface area contributed by atoms with E-state index in [2.05, 4.69) is 29.5 Å². The van der Waals surface area contributed by atoms with Crippen LogP contribution in [0.4, 0.5) is 5.69 Å². The Kier molecular flexibility index (Phi) is 7.59. The fraction of sp³-hybridized carbons (Fsp3) is 0.333. The number of nitrogens with one attached hydrogen (secondary N) is 1. The van der Waals surface area contributed by atoms with Crippen LogP contribution in [0, 0.1) is 0 Å². The van der Waals surface area contributed by atoms with E-state index in [1.807, 2.05) is 41.3 Å². The summed E-state index contributed by atoms with van der Waals surface area (Å²) in [7, 11) is 0. The van der Waals surface area contributed by atoms with Gasteiger partial charge < -0.3 is 21.8 Å². The van der Waals surface area contributed by atoms with Crippen LogP contribution >= 0.6 is 0 Å². The van der Waals surface area contributed by atoms with Gasteiger partial charge in [0.1, 0.15) is 6.17 Å². The topological polar surface area (TPSA) is 126 Å². The van der Waals surface area contributed by atoms with Gasteiger partial charge in [-0.2, -0.15) is 0 Å². The number of carbonyl (C=O) groups is 2. The lowest BCUT2D eigenvalue weighted by molar-refractivity contribution is -0.127. The van der Waals surface area contributed by atoms with Gasteiger partial charge in [0.2, 0.25) is 11.8 Å². The monoisotopic (exact) mass is 434 g/mol. The first-order valence-electron chi connectivity index (χ1n) is 10.9. The molecule has 1 heterocycles. The lowest BCUT2D eigenvalue weighted by atomic mass is 10.00. The van der Waals surface area contributed by atoms with Crippen LogP contribution in [0.15, 0.2) is 58.4 Å². The Morgan fingerprint density at radius 1 is 1.06 bits per heavy atom. The van der Waals surface area contributed by atoms with Gasteiger partial charge in [0.05, 0.1) is 0 Å². The van der Waals surface area contributed by atoms with Crippen LogP contribution < -0.4 is 16.9 Å². The van der Waals surface area contributed by atoms with E-state index in [0.717, 1.165) is 35.2 Å². The predicted octanol–water partition coefficient (Wildman–Crippen LogP) is 3.95. The SMILES string of the molecule is CCCN(CCC)C(=O)C1=Cc2ccc(-c3ccc(C(N)=O)cc3)cc2NC(N=NN)C1. The summed E-state index contributed by atoms with van der Waals surface area (Å²) in [5.41, 5.74) is 10.1. The molecule has 1 aliphatic heterocycles. The molecule has 0 radical (unpaired) electrons. The average molecular weight is 435 g/mol. The quantitative estimate of drug-likeness (QED) is 0.330. The van der Waals surface area contributed by atoms with E-state index in [1.54, 1.807) is 12.1 Å². The summed E-state index contributed by atoms with van der Waals surface area (Å²) in [6.07, 6.45) is 3.67. The Bertz CT molecular complexity index is 1020. The van der Waals surface area contributed by atoms with Crippen molar-refractivity contribution >= 4 is 23.6 Å². The maximum absolute atomic E-state index is 13.3. The van der Waals surface area contributed by atoms with Crippen molar-refractivity contribution in [1.29, 1.82) is 0 Å². The van der Waals surface area contributed by atoms with E-state index in [-0.39, 0.29) is 5.91 Å². The van der Waals surface area contributed by atoms with Crippen LogP contribution in [0.3, 0.4) is 0 Å². The normalized spacial score (nSPS) is 15.4. The minimum atomic E-state index is -0.461. The number of hydrogen-bond acceptors (Lipinski definition) is 5. The third-order valence-electron chi connectivity index (χ3n) is 5.38. The molecule has 2 amide bonds. The molecule has 1 atom stereocenters. The molecular weight excluding hydrogens is 404 g/mol. The van der Waals surface area contributed by atoms with Crippen molar-refractivity contribution in [2.24, 2.45) is 21.9 Å². The number of nitrogens with zero attached hydrogens (tertiary/aromatic N) is 3. The second kappa shape index (κ2) is 10.6. The fourth-order valence-electron chi connectivity index (χ4n) is 3.86. The number of benzene rings is 2. The third-order valence-corrected chi connectivity index (χ3v) is 5.38. The van der Waals surface area contributed by atoms with Crippen LogP contribution in [-0.2, 0) is 4.79 Å². The summed E-state index contributed by atoms with van der Waals surface area (Å²) >= 11 is 0. The van der Waals surface area contributed by atoms with Gasteiger partial charge in [0.25, 0.3) is 0 Å². The molecule has 8 heteroatoms. The predicted molar refractivity (Wildman–Crippen MR) is 127 cm³/mol. The van der Waals surface area contributed by atoms with E-state index in [1.165, 1.54) is 0 Å². The molecule has 32 heavy (non-hydrogen) atoms. The van der Waals surface area contributed by atoms with E-state index in [9.17, 15) is 9.59 Å². The number of primary amides is 1. The van der Waals surface area contributed by atoms with Crippen LogP contribution in [0.2, 0.25) is 0 Å². The maximum Gasteiger partial charge on any atom is 0.249 e. The molecule has 0 aromatic heterocycles. The summed E-state index contributed by atoms with van der Waals surface area (Å²) in [6.45, 7) is 5.57. The van der Waals surface area contributed by atoms with E-state index in [4.69, 9.17) is 11.6 Å². The van der Waals surface area contributed by atoms with Crippen molar-refractivity contribution in [1.82, 2.24) is 4.90 Å². The Hall–Kier alpha value is -3.68. The van der Waals surface area contributed by atoms with E-state index >= 15 is 0 Å². The second-order valence-electron chi connectivity index (χ2n) is 7.80. The second-order valence-corrected chi connectivity index (χ2v) is 7.80. The average Bonchev–Trinajstić information content (AvgIpc) is 2.97. The molecule has 2 aromatic carbocycles. The van der Waals surface area contributed by atoms with Gasteiger partial charge in [0, 0.05) is 36.3 Å². The van der Waals surface area contributed by atoms with Crippen molar-refractivity contribution in [3.8, 4) is 11.1 Å². The molecule has 0 saturated carbocycles. The number of hydrogen-bond donors (Lipinski definition) is 3. The Labute approximate surface area is 188 Å². The summed E-state index contributed by atoms with van der Waals surface area (Å²) in [5, 5.41) is 10.9.